The van der Waals surface area contributed by atoms with Crippen molar-refractivity contribution in [3.63, 3.8) is 0 Å². The van der Waals surface area contributed by atoms with Gasteiger partial charge in [0.2, 0.25) is 0 Å². The largest absolute Gasteiger partial charge is 0.467 e. The van der Waals surface area contributed by atoms with E-state index < -0.39 is 27.9 Å². The van der Waals surface area contributed by atoms with Gasteiger partial charge in [-0.1, -0.05) is 30.3 Å². The van der Waals surface area contributed by atoms with Crippen molar-refractivity contribution in [2.75, 3.05) is 11.4 Å². The molecule has 0 bridgehead atoms. The van der Waals surface area contributed by atoms with E-state index in [1.807, 2.05) is 16.7 Å². The second-order valence-electron chi connectivity index (χ2n) is 10.1. The lowest BCUT2D eigenvalue weighted by Gasteiger charge is -2.25. The summed E-state index contributed by atoms with van der Waals surface area (Å²) < 4.78 is 41.5. The topological polar surface area (TPSA) is 148 Å². The summed E-state index contributed by atoms with van der Waals surface area (Å²) in [7, 11) is -2.76. The molecule has 5 rings (SSSR count). The lowest BCUT2D eigenvalue weighted by Crippen LogP contribution is -2.38. The van der Waals surface area contributed by atoms with E-state index >= 15 is 0 Å². The SMILES string of the molecule is COC(=O)[C@H](C)NC(=O)c1ccc(-c2ccc(N(Cc3cncn3Cc3ccc(C#N)cc3)S(=O)(=O)c3ccccc3)cc2)o1. The number of esters is 1. The number of anilines is 1. The summed E-state index contributed by atoms with van der Waals surface area (Å²) in [5.74, 6) is -0.768. The number of nitrogens with one attached hydrogen (secondary N) is 1. The van der Waals surface area contributed by atoms with Crippen LogP contribution in [0.4, 0.5) is 5.69 Å². The molecule has 1 atom stereocenters. The molecule has 0 fully saturated rings. The Morgan fingerprint density at radius 1 is 1.02 bits per heavy atom. The highest BCUT2D eigenvalue weighted by atomic mass is 32.2. The Labute approximate surface area is 260 Å². The lowest BCUT2D eigenvalue weighted by atomic mass is 10.1. The zero-order valence-electron chi connectivity index (χ0n) is 24.5. The van der Waals surface area contributed by atoms with E-state index in [0.29, 0.717) is 34.8 Å². The average molecular weight is 624 g/mol. The minimum Gasteiger partial charge on any atom is -0.467 e. The Kier molecular flexibility index (Phi) is 9.11. The highest BCUT2D eigenvalue weighted by Gasteiger charge is 2.27. The highest BCUT2D eigenvalue weighted by molar-refractivity contribution is 7.92. The summed E-state index contributed by atoms with van der Waals surface area (Å²) in [5, 5.41) is 11.6. The van der Waals surface area contributed by atoms with Crippen LogP contribution in [0.5, 0.6) is 0 Å². The number of hydrogen-bond acceptors (Lipinski definition) is 8. The van der Waals surface area contributed by atoms with Gasteiger partial charge in [-0.15, -0.1) is 0 Å². The van der Waals surface area contributed by atoms with Crippen LogP contribution >= 0.6 is 0 Å². The molecule has 0 aliphatic carbocycles. The fourth-order valence-electron chi connectivity index (χ4n) is 4.60. The number of carbonyl (C=O) groups excluding carboxylic acids is 2. The predicted molar refractivity (Wildman–Crippen MR) is 165 cm³/mol. The minimum absolute atomic E-state index is 0.00367. The van der Waals surface area contributed by atoms with E-state index in [2.05, 4.69) is 21.1 Å². The molecule has 0 saturated carbocycles. The molecule has 228 valence electrons. The van der Waals surface area contributed by atoms with Crippen molar-refractivity contribution in [2.45, 2.75) is 31.0 Å². The van der Waals surface area contributed by atoms with Crippen LogP contribution in [0.2, 0.25) is 0 Å². The van der Waals surface area contributed by atoms with Gasteiger partial charge in [-0.3, -0.25) is 9.10 Å². The molecular formula is C33H29N5O6S. The number of sulfonamides is 1. The monoisotopic (exact) mass is 623 g/mol. The number of hydrogen-bond donors (Lipinski definition) is 1. The van der Waals surface area contributed by atoms with E-state index in [1.54, 1.807) is 85.3 Å². The highest BCUT2D eigenvalue weighted by Crippen LogP contribution is 2.30. The van der Waals surface area contributed by atoms with Gasteiger partial charge in [0.25, 0.3) is 15.9 Å². The molecule has 12 heteroatoms. The first kappa shape index (κ1) is 30.8. The molecule has 5 aromatic rings. The Bertz CT molecular complexity index is 1940. The molecular weight excluding hydrogens is 594 g/mol. The molecule has 0 aliphatic heterocycles. The smallest absolute Gasteiger partial charge is 0.328 e. The molecule has 3 aromatic carbocycles. The number of benzene rings is 3. The number of nitriles is 1. The Morgan fingerprint density at radius 2 is 1.73 bits per heavy atom. The number of rotatable bonds is 11. The van der Waals surface area contributed by atoms with Crippen LogP contribution in [0.3, 0.4) is 0 Å². The van der Waals surface area contributed by atoms with Crippen molar-refractivity contribution in [3.05, 3.63) is 126 Å². The molecule has 0 aliphatic rings. The van der Waals surface area contributed by atoms with Crippen LogP contribution in [0.25, 0.3) is 11.3 Å². The Hall–Kier alpha value is -5.67. The maximum Gasteiger partial charge on any atom is 0.328 e. The Balaban J connectivity index is 1.42. The molecule has 45 heavy (non-hydrogen) atoms. The number of ether oxygens (including phenoxy) is 1. The van der Waals surface area contributed by atoms with E-state index in [1.165, 1.54) is 24.4 Å². The first-order valence-electron chi connectivity index (χ1n) is 13.8. The van der Waals surface area contributed by atoms with Crippen LogP contribution in [0.1, 0.15) is 34.3 Å². The molecule has 2 heterocycles. The van der Waals surface area contributed by atoms with Crippen molar-refractivity contribution in [1.82, 2.24) is 14.9 Å². The van der Waals surface area contributed by atoms with Crippen molar-refractivity contribution in [3.8, 4) is 17.4 Å². The number of nitrogens with zero attached hydrogens (tertiary/aromatic N) is 4. The van der Waals surface area contributed by atoms with Gasteiger partial charge < -0.3 is 19.0 Å². The van der Waals surface area contributed by atoms with Crippen LogP contribution in [0, 0.1) is 11.3 Å². The second kappa shape index (κ2) is 13.3. The second-order valence-corrected chi connectivity index (χ2v) is 11.9. The molecule has 1 amide bonds. The molecule has 0 radical (unpaired) electrons. The number of imidazole rings is 1. The summed E-state index contributed by atoms with van der Waals surface area (Å²) in [6.07, 6.45) is 3.27. The van der Waals surface area contributed by atoms with Gasteiger partial charge in [-0.25, -0.2) is 18.2 Å². The maximum absolute atomic E-state index is 14.0. The molecule has 0 unspecified atom stereocenters. The van der Waals surface area contributed by atoms with Gasteiger partial charge in [-0.05, 0) is 73.2 Å². The summed E-state index contributed by atoms with van der Waals surface area (Å²) in [5.41, 5.74) is 3.16. The van der Waals surface area contributed by atoms with Crippen molar-refractivity contribution < 1.29 is 27.2 Å². The normalized spacial score (nSPS) is 11.8. The number of amides is 1. The van der Waals surface area contributed by atoms with Gasteiger partial charge in [0.1, 0.15) is 11.8 Å². The van der Waals surface area contributed by atoms with Crippen LogP contribution in [-0.2, 0) is 32.6 Å². The van der Waals surface area contributed by atoms with Gasteiger partial charge >= 0.3 is 5.97 Å². The van der Waals surface area contributed by atoms with Crippen LogP contribution in [0.15, 0.2) is 113 Å². The standard InChI is InChI=1S/C33H29N5O6S/c1-23(33(40)43-2)36-32(39)31-17-16-30(44-31)26-12-14-27(15-13-26)38(45(41,42)29-6-4-3-5-7-29)21-28-19-35-22-37(28)20-25-10-8-24(18-34)9-11-25/h3-17,19,22-23H,20-21H2,1-2H3,(H,36,39)/t23-/m0/s1. The molecule has 0 saturated heterocycles. The van der Waals surface area contributed by atoms with Gasteiger partial charge in [-0.2, -0.15) is 5.26 Å². The molecule has 11 nitrogen and oxygen atoms in total. The number of methoxy groups -OCH3 is 1. The average Bonchev–Trinajstić information content (AvgIpc) is 3.74. The van der Waals surface area contributed by atoms with Gasteiger partial charge in [0, 0.05) is 18.3 Å². The molecule has 0 spiro atoms. The lowest BCUT2D eigenvalue weighted by molar-refractivity contribution is -0.142. The van der Waals surface area contributed by atoms with Gasteiger partial charge in [0.05, 0.1) is 47.9 Å². The van der Waals surface area contributed by atoms with Crippen LogP contribution in [-0.4, -0.2) is 43.0 Å². The molecule has 2 aromatic heterocycles. The maximum atomic E-state index is 14.0. The summed E-state index contributed by atoms with van der Waals surface area (Å²) in [6.45, 7) is 1.93. The van der Waals surface area contributed by atoms with Crippen LogP contribution < -0.4 is 9.62 Å². The summed E-state index contributed by atoms with van der Waals surface area (Å²) >= 11 is 0. The summed E-state index contributed by atoms with van der Waals surface area (Å²) in [4.78, 5) is 28.6. The summed E-state index contributed by atoms with van der Waals surface area (Å²) in [6, 6.07) is 26.4. The minimum atomic E-state index is -3.99. The zero-order chi connectivity index (χ0) is 32.0. The van der Waals surface area contributed by atoms with Gasteiger partial charge in [0.15, 0.2) is 5.76 Å². The first-order chi connectivity index (χ1) is 21.7. The fraction of sp³-hybridized carbons (Fsp3) is 0.152. The number of aromatic nitrogens is 2. The fourth-order valence-corrected chi connectivity index (χ4v) is 6.05. The number of carbonyl (C=O) groups is 2. The Morgan fingerprint density at radius 3 is 2.40 bits per heavy atom. The predicted octanol–water partition coefficient (Wildman–Crippen LogP) is 4.75. The number of furan rings is 1. The van der Waals surface area contributed by atoms with Crippen molar-refractivity contribution in [2.24, 2.45) is 0 Å². The third-order valence-electron chi connectivity index (χ3n) is 7.04. The van der Waals surface area contributed by atoms with Crippen molar-refractivity contribution in [1.29, 1.82) is 5.26 Å². The van der Waals surface area contributed by atoms with E-state index in [9.17, 15) is 18.0 Å². The van der Waals surface area contributed by atoms with E-state index in [0.717, 1.165) is 5.56 Å². The third-order valence-corrected chi connectivity index (χ3v) is 8.83. The first-order valence-corrected chi connectivity index (χ1v) is 15.3. The third kappa shape index (κ3) is 6.95. The zero-order valence-corrected chi connectivity index (χ0v) is 25.3. The quantitative estimate of drug-likeness (QED) is 0.207. The van der Waals surface area contributed by atoms with Crippen molar-refractivity contribution >= 4 is 27.6 Å². The van der Waals surface area contributed by atoms with E-state index in [4.69, 9.17) is 9.68 Å². The molecule has 1 N–H and O–H groups in total. The van der Waals surface area contributed by atoms with E-state index in [-0.39, 0.29) is 17.2 Å².